The normalized spacial score (nSPS) is 16.0. The maximum Gasteiger partial charge on any atom is 0.309 e. The summed E-state index contributed by atoms with van der Waals surface area (Å²) in [4.78, 5) is 37.1. The lowest BCUT2D eigenvalue weighted by atomic mass is 10.0. The molecule has 0 saturated carbocycles. The molecule has 4 atom stereocenters. The van der Waals surface area contributed by atoms with Crippen LogP contribution in [0.2, 0.25) is 0 Å². The highest BCUT2D eigenvalue weighted by Crippen LogP contribution is 2.29. The average molecular weight is 537 g/mol. The Hall–Kier alpha value is -2.97. The van der Waals surface area contributed by atoms with Gasteiger partial charge in [0.2, 0.25) is 0 Å². The fourth-order valence-electron chi connectivity index (χ4n) is 4.14. The Morgan fingerprint density at radius 1 is 0.846 bits per heavy atom. The van der Waals surface area contributed by atoms with E-state index >= 15 is 0 Å². The van der Waals surface area contributed by atoms with Crippen LogP contribution in [0.3, 0.4) is 0 Å². The highest BCUT2D eigenvalue weighted by Gasteiger charge is 2.25. The summed E-state index contributed by atoms with van der Waals surface area (Å²) >= 11 is 0. The SMILES string of the molecule is C.COC(C)CC(=O)OC(CCc1ccccc1)CC(=O)OC(CCc1ccc(C2CO2)cc1)CC(C)=O.[B]. The summed E-state index contributed by atoms with van der Waals surface area (Å²) in [5.41, 5.74) is 3.36. The van der Waals surface area contributed by atoms with Crippen molar-refractivity contribution < 1.29 is 33.3 Å². The van der Waals surface area contributed by atoms with E-state index in [1.54, 1.807) is 6.92 Å². The zero-order chi connectivity index (χ0) is 26.6. The summed E-state index contributed by atoms with van der Waals surface area (Å²) in [6.07, 6.45) is 1.32. The molecule has 1 saturated heterocycles. The minimum Gasteiger partial charge on any atom is -0.462 e. The molecule has 4 unspecified atom stereocenters. The van der Waals surface area contributed by atoms with E-state index in [9.17, 15) is 14.4 Å². The molecule has 0 bridgehead atoms. The highest BCUT2D eigenvalue weighted by atomic mass is 16.6. The number of carbonyl (C=O) groups is 3. The van der Waals surface area contributed by atoms with Crippen LogP contribution in [0.1, 0.15) is 76.2 Å². The number of ketones is 1. The molecule has 0 N–H and O–H groups in total. The first-order valence-corrected chi connectivity index (χ1v) is 13.0. The van der Waals surface area contributed by atoms with Crippen LogP contribution in [-0.4, -0.2) is 58.2 Å². The van der Waals surface area contributed by atoms with E-state index in [0.717, 1.165) is 23.3 Å². The first kappa shape index (κ1) is 34.1. The van der Waals surface area contributed by atoms with Crippen molar-refractivity contribution in [1.29, 1.82) is 0 Å². The van der Waals surface area contributed by atoms with Gasteiger partial charge in [-0.3, -0.25) is 14.4 Å². The maximum atomic E-state index is 12.9. The standard InChI is InChI=1S/C30H38O7.CH4.B/c1-21(31)17-26(15-12-24-9-13-25(14-10-24)28-20-35-28)36-30(33)19-27(37-29(32)18-22(2)34-3)16-11-23-7-5-4-6-8-23;;/h4-10,13-14,22,26-28H,11-12,15-20H2,1-3H3;1H4;. The molecule has 0 spiro atoms. The molecule has 8 heteroatoms. The Morgan fingerprint density at radius 3 is 1.87 bits per heavy atom. The summed E-state index contributed by atoms with van der Waals surface area (Å²) in [6, 6.07) is 18.0. The minimum atomic E-state index is -0.626. The second-order valence-electron chi connectivity index (χ2n) is 9.71. The monoisotopic (exact) mass is 537 g/mol. The number of carbonyl (C=O) groups excluding carboxylic acids is 3. The first-order chi connectivity index (χ1) is 17.8. The predicted octanol–water partition coefficient (Wildman–Crippen LogP) is 5.20. The number of Topliss-reactive ketones (excluding diaryl/α,β-unsaturated/α-hetero) is 1. The van der Waals surface area contributed by atoms with Gasteiger partial charge in [-0.05, 0) is 56.2 Å². The number of aryl methyl sites for hydroxylation is 2. The van der Waals surface area contributed by atoms with E-state index in [4.69, 9.17) is 18.9 Å². The molecule has 3 radical (unpaired) electrons. The number of benzene rings is 2. The number of epoxide rings is 1. The summed E-state index contributed by atoms with van der Waals surface area (Å²) in [5.74, 6) is -0.932. The van der Waals surface area contributed by atoms with Crippen molar-refractivity contribution in [3.05, 3.63) is 71.3 Å². The topological polar surface area (TPSA) is 91.4 Å². The molecule has 1 fully saturated rings. The van der Waals surface area contributed by atoms with Crippen molar-refractivity contribution in [3.63, 3.8) is 0 Å². The van der Waals surface area contributed by atoms with Gasteiger partial charge < -0.3 is 18.9 Å². The molecule has 1 heterocycles. The second kappa shape index (κ2) is 17.6. The van der Waals surface area contributed by atoms with E-state index in [2.05, 4.69) is 12.1 Å². The van der Waals surface area contributed by atoms with Crippen LogP contribution in [0.15, 0.2) is 54.6 Å². The Kier molecular flexibility index (Phi) is 15.4. The van der Waals surface area contributed by atoms with Crippen LogP contribution in [0.5, 0.6) is 0 Å². The molecule has 0 aromatic heterocycles. The average Bonchev–Trinajstić information content (AvgIpc) is 3.72. The van der Waals surface area contributed by atoms with Gasteiger partial charge in [0, 0.05) is 21.9 Å². The summed E-state index contributed by atoms with van der Waals surface area (Å²) in [7, 11) is 1.53. The van der Waals surface area contributed by atoms with Crippen LogP contribution in [-0.2, 0) is 46.2 Å². The third-order valence-corrected chi connectivity index (χ3v) is 6.40. The summed E-state index contributed by atoms with van der Waals surface area (Å²) < 4.78 is 21.8. The van der Waals surface area contributed by atoms with Gasteiger partial charge in [0.1, 0.15) is 24.1 Å². The van der Waals surface area contributed by atoms with E-state index < -0.39 is 24.1 Å². The predicted molar refractivity (Wildman–Crippen MR) is 151 cm³/mol. The van der Waals surface area contributed by atoms with E-state index in [1.165, 1.54) is 14.0 Å². The Bertz CT molecular complexity index is 1010. The molecule has 0 aliphatic carbocycles. The Labute approximate surface area is 235 Å². The first-order valence-electron chi connectivity index (χ1n) is 13.0. The molecule has 3 rings (SSSR count). The minimum absolute atomic E-state index is 0. The van der Waals surface area contributed by atoms with Crippen LogP contribution < -0.4 is 0 Å². The number of esters is 2. The van der Waals surface area contributed by atoms with Crippen molar-refractivity contribution >= 4 is 26.1 Å². The molecule has 1 aliphatic heterocycles. The van der Waals surface area contributed by atoms with Gasteiger partial charge in [0.25, 0.3) is 0 Å². The number of ether oxygens (including phenoxy) is 4. The fourth-order valence-corrected chi connectivity index (χ4v) is 4.14. The smallest absolute Gasteiger partial charge is 0.309 e. The zero-order valence-corrected chi connectivity index (χ0v) is 22.6. The van der Waals surface area contributed by atoms with Gasteiger partial charge in [-0.1, -0.05) is 62.0 Å². The molecule has 211 valence electrons. The second-order valence-corrected chi connectivity index (χ2v) is 9.71. The quantitative estimate of drug-likeness (QED) is 0.165. The molecule has 2 aromatic carbocycles. The zero-order valence-electron chi connectivity index (χ0n) is 22.6. The molecular weight excluding hydrogens is 495 g/mol. The summed E-state index contributed by atoms with van der Waals surface area (Å²) in [5, 5.41) is 0. The molecule has 39 heavy (non-hydrogen) atoms. The lowest BCUT2D eigenvalue weighted by Crippen LogP contribution is -2.28. The number of hydrogen-bond acceptors (Lipinski definition) is 7. The lowest BCUT2D eigenvalue weighted by Gasteiger charge is -2.21. The Balaban J connectivity index is 0.00000380. The molecule has 7 nitrogen and oxygen atoms in total. The van der Waals surface area contributed by atoms with Gasteiger partial charge in [-0.25, -0.2) is 0 Å². The summed E-state index contributed by atoms with van der Waals surface area (Å²) in [6.45, 7) is 4.05. The molecule has 0 amide bonds. The van der Waals surface area contributed by atoms with Crippen molar-refractivity contribution in [3.8, 4) is 0 Å². The number of rotatable bonds is 16. The van der Waals surface area contributed by atoms with Gasteiger partial charge in [-0.15, -0.1) is 0 Å². The van der Waals surface area contributed by atoms with Crippen LogP contribution in [0, 0.1) is 0 Å². The lowest BCUT2D eigenvalue weighted by molar-refractivity contribution is -0.159. The van der Waals surface area contributed by atoms with E-state index in [0.29, 0.717) is 25.7 Å². The van der Waals surface area contributed by atoms with Crippen molar-refractivity contribution in [2.24, 2.45) is 0 Å². The van der Waals surface area contributed by atoms with Gasteiger partial charge in [-0.2, -0.15) is 0 Å². The molecular formula is C31H42BO7. The molecule has 1 aliphatic rings. The van der Waals surface area contributed by atoms with Crippen LogP contribution in [0.25, 0.3) is 0 Å². The van der Waals surface area contributed by atoms with Crippen molar-refractivity contribution in [2.45, 2.75) is 90.6 Å². The van der Waals surface area contributed by atoms with E-state index in [-0.39, 0.29) is 53.1 Å². The number of methoxy groups -OCH3 is 1. The third-order valence-electron chi connectivity index (χ3n) is 6.40. The van der Waals surface area contributed by atoms with E-state index in [1.807, 2.05) is 42.5 Å². The largest absolute Gasteiger partial charge is 0.462 e. The van der Waals surface area contributed by atoms with Crippen LogP contribution >= 0.6 is 0 Å². The number of hydrogen-bond donors (Lipinski definition) is 0. The maximum absolute atomic E-state index is 12.9. The fraction of sp³-hybridized carbons (Fsp3) is 0.516. The van der Waals surface area contributed by atoms with Crippen molar-refractivity contribution in [1.82, 2.24) is 0 Å². The Morgan fingerprint density at radius 2 is 1.36 bits per heavy atom. The van der Waals surface area contributed by atoms with Crippen LogP contribution in [0.4, 0.5) is 0 Å². The van der Waals surface area contributed by atoms with Gasteiger partial charge in [0.05, 0.1) is 25.6 Å². The highest BCUT2D eigenvalue weighted by molar-refractivity contribution is 5.77. The third kappa shape index (κ3) is 13.1. The van der Waals surface area contributed by atoms with Gasteiger partial charge >= 0.3 is 11.9 Å². The van der Waals surface area contributed by atoms with Crippen molar-refractivity contribution in [2.75, 3.05) is 13.7 Å². The van der Waals surface area contributed by atoms with Gasteiger partial charge in [0.15, 0.2) is 0 Å². The molecule has 2 aromatic rings.